The maximum Gasteiger partial charge on any atom is 0.264 e. The Balaban J connectivity index is 1.98. The third-order valence-corrected chi connectivity index (χ3v) is 6.74. The van der Waals surface area contributed by atoms with Crippen LogP contribution >= 0.6 is 11.6 Å². The number of carbonyl (C=O) groups is 1. The number of sulfonamides is 1. The van der Waals surface area contributed by atoms with E-state index in [1.165, 1.54) is 24.3 Å². The van der Waals surface area contributed by atoms with Gasteiger partial charge in [0.1, 0.15) is 18.2 Å². The fourth-order valence-corrected chi connectivity index (χ4v) is 4.39. The van der Waals surface area contributed by atoms with Crippen LogP contribution in [0, 0.1) is 25.5 Å². The smallest absolute Gasteiger partial charge is 0.264 e. The molecule has 9 heteroatoms. The predicted molar refractivity (Wildman–Crippen MR) is 117 cm³/mol. The molecule has 0 spiro atoms. The molecule has 0 saturated heterocycles. The molecule has 162 valence electrons. The van der Waals surface area contributed by atoms with Gasteiger partial charge in [-0.15, -0.1) is 0 Å². The predicted octanol–water partition coefficient (Wildman–Crippen LogP) is 5.07. The van der Waals surface area contributed by atoms with Crippen LogP contribution in [-0.4, -0.2) is 20.9 Å². The van der Waals surface area contributed by atoms with Crippen molar-refractivity contribution in [2.24, 2.45) is 0 Å². The molecule has 31 heavy (non-hydrogen) atoms. The highest BCUT2D eigenvalue weighted by Crippen LogP contribution is 2.28. The summed E-state index contributed by atoms with van der Waals surface area (Å²) >= 11 is 6.17. The van der Waals surface area contributed by atoms with Gasteiger partial charge < -0.3 is 5.32 Å². The average molecular weight is 465 g/mol. The minimum absolute atomic E-state index is 0.0180. The molecule has 3 aromatic carbocycles. The first-order valence-electron chi connectivity index (χ1n) is 9.18. The van der Waals surface area contributed by atoms with E-state index in [9.17, 15) is 22.0 Å². The van der Waals surface area contributed by atoms with Crippen molar-refractivity contribution >= 4 is 38.9 Å². The van der Waals surface area contributed by atoms with Gasteiger partial charge in [0.05, 0.1) is 16.3 Å². The molecule has 0 aliphatic rings. The lowest BCUT2D eigenvalue weighted by atomic mass is 10.2. The summed E-state index contributed by atoms with van der Waals surface area (Å²) in [6.07, 6.45) is 0. The van der Waals surface area contributed by atoms with Crippen molar-refractivity contribution in [1.82, 2.24) is 0 Å². The number of anilines is 2. The molecule has 0 bridgehead atoms. The van der Waals surface area contributed by atoms with Gasteiger partial charge in [-0.3, -0.25) is 9.10 Å². The Kier molecular flexibility index (Phi) is 6.62. The van der Waals surface area contributed by atoms with Crippen molar-refractivity contribution < 1.29 is 22.0 Å². The zero-order valence-electron chi connectivity index (χ0n) is 16.7. The van der Waals surface area contributed by atoms with Gasteiger partial charge in [-0.25, -0.2) is 17.2 Å². The third-order valence-electron chi connectivity index (χ3n) is 4.54. The van der Waals surface area contributed by atoms with E-state index in [4.69, 9.17) is 11.6 Å². The van der Waals surface area contributed by atoms with Gasteiger partial charge in [-0.2, -0.15) is 0 Å². The van der Waals surface area contributed by atoms with Crippen LogP contribution in [0.3, 0.4) is 0 Å². The summed E-state index contributed by atoms with van der Waals surface area (Å²) in [7, 11) is -4.14. The van der Waals surface area contributed by atoms with Crippen LogP contribution in [0.25, 0.3) is 0 Å². The second kappa shape index (κ2) is 9.03. The van der Waals surface area contributed by atoms with E-state index in [1.807, 2.05) is 6.92 Å². The molecule has 0 unspecified atom stereocenters. The number of hydrogen-bond acceptors (Lipinski definition) is 3. The molecule has 0 fully saturated rings. The summed E-state index contributed by atoms with van der Waals surface area (Å²) in [6, 6.07) is 13.4. The highest BCUT2D eigenvalue weighted by molar-refractivity contribution is 7.92. The summed E-state index contributed by atoms with van der Waals surface area (Å²) < 4.78 is 54.5. The fraction of sp³-hybridized carbons (Fsp3) is 0.136. The minimum atomic E-state index is -4.14. The number of amides is 1. The summed E-state index contributed by atoms with van der Waals surface area (Å²) in [5.41, 5.74) is 1.51. The molecule has 3 aromatic rings. The van der Waals surface area contributed by atoms with Crippen LogP contribution in [-0.2, 0) is 14.8 Å². The van der Waals surface area contributed by atoms with Crippen molar-refractivity contribution in [3.63, 3.8) is 0 Å². The number of hydrogen-bond donors (Lipinski definition) is 1. The molecule has 0 saturated carbocycles. The van der Waals surface area contributed by atoms with Gasteiger partial charge in [0.2, 0.25) is 5.91 Å². The van der Waals surface area contributed by atoms with Gasteiger partial charge in [0.25, 0.3) is 10.0 Å². The maximum atomic E-state index is 13.9. The molecule has 0 radical (unpaired) electrons. The summed E-state index contributed by atoms with van der Waals surface area (Å²) in [6.45, 7) is 2.93. The number of halogens is 3. The van der Waals surface area contributed by atoms with Crippen LogP contribution in [0.5, 0.6) is 0 Å². The van der Waals surface area contributed by atoms with Crippen molar-refractivity contribution in [3.05, 3.63) is 88.4 Å². The number of benzene rings is 3. The number of rotatable bonds is 6. The molecule has 0 atom stereocenters. The van der Waals surface area contributed by atoms with E-state index in [2.05, 4.69) is 5.32 Å². The Hall–Kier alpha value is -2.97. The molecule has 5 nitrogen and oxygen atoms in total. The van der Waals surface area contributed by atoms with Gasteiger partial charge >= 0.3 is 0 Å². The quantitative estimate of drug-likeness (QED) is 0.554. The van der Waals surface area contributed by atoms with Gasteiger partial charge in [-0.1, -0.05) is 35.4 Å². The monoisotopic (exact) mass is 464 g/mol. The number of carbonyl (C=O) groups excluding carboxylic acids is 1. The van der Waals surface area contributed by atoms with E-state index in [0.717, 1.165) is 27.6 Å². The zero-order chi connectivity index (χ0) is 22.8. The van der Waals surface area contributed by atoms with Crippen molar-refractivity contribution in [1.29, 1.82) is 0 Å². The zero-order valence-corrected chi connectivity index (χ0v) is 18.3. The van der Waals surface area contributed by atoms with E-state index in [0.29, 0.717) is 11.1 Å². The second-order valence-electron chi connectivity index (χ2n) is 6.93. The lowest BCUT2D eigenvalue weighted by Gasteiger charge is -2.24. The molecule has 0 heterocycles. The SMILES string of the molecule is Cc1ccc(S(=O)(=O)N(CC(=O)Nc2ccc(F)cc2F)c2ccc(C)c(Cl)c2)cc1. The van der Waals surface area contributed by atoms with Crippen LogP contribution in [0.1, 0.15) is 11.1 Å². The van der Waals surface area contributed by atoms with Gasteiger partial charge in [0.15, 0.2) is 0 Å². The minimum Gasteiger partial charge on any atom is -0.322 e. The standard InChI is InChI=1S/C22H19ClF2N2O3S/c1-14-3-8-18(9-4-14)31(29,30)27(17-7-5-15(2)19(23)12-17)13-22(28)26-21-10-6-16(24)11-20(21)25/h3-12H,13H2,1-2H3,(H,26,28). The van der Waals surface area contributed by atoms with Crippen LogP contribution < -0.4 is 9.62 Å². The Labute approximate surface area is 184 Å². The van der Waals surface area contributed by atoms with E-state index >= 15 is 0 Å². The fourth-order valence-electron chi connectivity index (χ4n) is 2.80. The Morgan fingerprint density at radius 2 is 1.68 bits per heavy atom. The first kappa shape index (κ1) is 22.7. The normalized spacial score (nSPS) is 11.3. The van der Waals surface area contributed by atoms with Crippen molar-refractivity contribution in [3.8, 4) is 0 Å². The lowest BCUT2D eigenvalue weighted by Crippen LogP contribution is -2.38. The van der Waals surface area contributed by atoms with Crippen LogP contribution in [0.2, 0.25) is 5.02 Å². The highest BCUT2D eigenvalue weighted by atomic mass is 35.5. The number of nitrogens with zero attached hydrogens (tertiary/aromatic N) is 1. The maximum absolute atomic E-state index is 13.9. The lowest BCUT2D eigenvalue weighted by molar-refractivity contribution is -0.114. The van der Waals surface area contributed by atoms with Crippen LogP contribution in [0.15, 0.2) is 65.6 Å². The second-order valence-corrected chi connectivity index (χ2v) is 9.20. The van der Waals surface area contributed by atoms with Crippen LogP contribution in [0.4, 0.5) is 20.2 Å². The Morgan fingerprint density at radius 1 is 1.00 bits per heavy atom. The number of aryl methyl sites for hydroxylation is 2. The van der Waals surface area contributed by atoms with Gasteiger partial charge in [0, 0.05) is 11.1 Å². The molecule has 1 N–H and O–H groups in total. The van der Waals surface area contributed by atoms with Gasteiger partial charge in [-0.05, 0) is 55.8 Å². The topological polar surface area (TPSA) is 66.5 Å². The van der Waals surface area contributed by atoms with Crippen molar-refractivity contribution in [2.45, 2.75) is 18.7 Å². The number of nitrogens with one attached hydrogen (secondary N) is 1. The average Bonchev–Trinajstić information content (AvgIpc) is 2.71. The first-order chi connectivity index (χ1) is 14.6. The van der Waals surface area contributed by atoms with E-state index < -0.39 is 34.1 Å². The molecule has 0 aromatic heterocycles. The highest BCUT2D eigenvalue weighted by Gasteiger charge is 2.28. The largest absolute Gasteiger partial charge is 0.322 e. The van der Waals surface area contributed by atoms with Crippen molar-refractivity contribution in [2.75, 3.05) is 16.2 Å². The molecule has 0 aliphatic heterocycles. The summed E-state index contributed by atoms with van der Waals surface area (Å²) in [5.74, 6) is -2.58. The van der Waals surface area contributed by atoms with E-state index in [-0.39, 0.29) is 16.3 Å². The molecule has 3 rings (SSSR count). The summed E-state index contributed by atoms with van der Waals surface area (Å²) in [5, 5.41) is 2.60. The summed E-state index contributed by atoms with van der Waals surface area (Å²) in [4.78, 5) is 12.6. The third kappa shape index (κ3) is 5.21. The Bertz CT molecular complexity index is 1230. The molecular weight excluding hydrogens is 446 g/mol. The first-order valence-corrected chi connectivity index (χ1v) is 11.0. The van der Waals surface area contributed by atoms with E-state index in [1.54, 1.807) is 25.1 Å². The molecule has 1 amide bonds. The molecule has 0 aliphatic carbocycles. The molecular formula is C22H19ClF2N2O3S. The Morgan fingerprint density at radius 3 is 2.29 bits per heavy atom.